The molecule has 31 heavy (non-hydrogen) atoms. The van der Waals surface area contributed by atoms with Gasteiger partial charge in [0.25, 0.3) is 5.56 Å². The van der Waals surface area contributed by atoms with Crippen LogP contribution in [-0.2, 0) is 11.3 Å². The number of carbonyl (C=O) groups excluding carboxylic acids is 2. The van der Waals surface area contributed by atoms with Crippen molar-refractivity contribution in [2.45, 2.75) is 33.4 Å². The predicted molar refractivity (Wildman–Crippen MR) is 116 cm³/mol. The lowest BCUT2D eigenvalue weighted by molar-refractivity contribution is 0.0310. The maximum atomic E-state index is 12.6. The number of carbonyl (C=O) groups is 2. The topological polar surface area (TPSA) is 87.5 Å². The van der Waals surface area contributed by atoms with E-state index in [4.69, 9.17) is 9.47 Å². The highest BCUT2D eigenvalue weighted by Crippen LogP contribution is 2.14. The average molecular weight is 420 g/mol. The van der Waals surface area contributed by atoms with Crippen molar-refractivity contribution in [3.8, 4) is 5.75 Å². The number of Topliss-reactive ketones (excluding diaryl/α,β-unsaturated/α-hetero) is 1. The molecular weight excluding hydrogens is 396 g/mol. The molecule has 0 aliphatic carbocycles. The first-order valence-corrected chi connectivity index (χ1v) is 9.93. The van der Waals surface area contributed by atoms with Crippen molar-refractivity contribution in [1.29, 1.82) is 0 Å². The zero-order valence-electron chi connectivity index (χ0n) is 17.7. The van der Waals surface area contributed by atoms with Crippen LogP contribution < -0.4 is 10.3 Å². The number of benzene rings is 2. The molecule has 0 N–H and O–H groups in total. The lowest BCUT2D eigenvalue weighted by Gasteiger charge is -2.13. The second-order valence-electron chi connectivity index (χ2n) is 7.15. The number of aromatic nitrogens is 2. The second kappa shape index (κ2) is 9.84. The third kappa shape index (κ3) is 5.66. The maximum absolute atomic E-state index is 12.6. The molecule has 0 fully saturated rings. The Morgan fingerprint density at radius 1 is 1.00 bits per heavy atom. The van der Waals surface area contributed by atoms with Gasteiger partial charge in [0, 0.05) is 11.6 Å². The Kier molecular flexibility index (Phi) is 6.97. The average Bonchev–Trinajstić information content (AvgIpc) is 2.77. The van der Waals surface area contributed by atoms with Crippen LogP contribution in [-0.4, -0.2) is 34.2 Å². The number of ketones is 1. The molecule has 0 bridgehead atoms. The summed E-state index contributed by atoms with van der Waals surface area (Å²) in [6, 6.07) is 17.0. The van der Waals surface area contributed by atoms with E-state index < -0.39 is 12.1 Å². The molecule has 2 aromatic carbocycles. The Hall–Kier alpha value is -3.74. The summed E-state index contributed by atoms with van der Waals surface area (Å²) in [6.07, 6.45) is -0.988. The Morgan fingerprint density at radius 2 is 1.74 bits per heavy atom. The third-order valence-corrected chi connectivity index (χ3v) is 4.84. The number of hydrogen-bond acceptors (Lipinski definition) is 6. The SMILES string of the molecule is Cc1ccc(C(=O)C(C)OC(=O)c2ccc(=O)n(CCOc3ccccc3)n2)cc1C. The molecule has 160 valence electrons. The quantitative estimate of drug-likeness (QED) is 0.410. The first-order chi connectivity index (χ1) is 14.8. The molecular formula is C24H24N2O5. The molecule has 0 saturated heterocycles. The zero-order valence-corrected chi connectivity index (χ0v) is 17.7. The number of aryl methyl sites for hydroxylation is 2. The molecule has 1 atom stereocenters. The summed E-state index contributed by atoms with van der Waals surface area (Å²) in [7, 11) is 0. The van der Waals surface area contributed by atoms with Gasteiger partial charge in [-0.3, -0.25) is 9.59 Å². The summed E-state index contributed by atoms with van der Waals surface area (Å²) in [6.45, 7) is 5.75. The van der Waals surface area contributed by atoms with E-state index in [2.05, 4.69) is 5.10 Å². The van der Waals surface area contributed by atoms with Gasteiger partial charge in [-0.15, -0.1) is 0 Å². The summed E-state index contributed by atoms with van der Waals surface area (Å²) in [4.78, 5) is 37.1. The van der Waals surface area contributed by atoms with E-state index in [1.807, 2.05) is 38.1 Å². The van der Waals surface area contributed by atoms with Crippen molar-refractivity contribution in [2.24, 2.45) is 0 Å². The second-order valence-corrected chi connectivity index (χ2v) is 7.15. The van der Waals surface area contributed by atoms with Crippen molar-refractivity contribution >= 4 is 11.8 Å². The van der Waals surface area contributed by atoms with Crippen LogP contribution in [0.1, 0.15) is 38.9 Å². The largest absolute Gasteiger partial charge is 0.492 e. The van der Waals surface area contributed by atoms with E-state index in [-0.39, 0.29) is 30.2 Å². The number of esters is 1. The van der Waals surface area contributed by atoms with Crippen molar-refractivity contribution in [1.82, 2.24) is 9.78 Å². The molecule has 0 spiro atoms. The van der Waals surface area contributed by atoms with Crippen molar-refractivity contribution in [3.63, 3.8) is 0 Å². The van der Waals surface area contributed by atoms with Gasteiger partial charge >= 0.3 is 5.97 Å². The van der Waals surface area contributed by atoms with Crippen molar-refractivity contribution < 1.29 is 19.1 Å². The van der Waals surface area contributed by atoms with Crippen LogP contribution in [0.4, 0.5) is 0 Å². The first kappa shape index (κ1) is 22.0. The van der Waals surface area contributed by atoms with Crippen molar-refractivity contribution in [3.05, 3.63) is 93.4 Å². The fourth-order valence-corrected chi connectivity index (χ4v) is 2.89. The Balaban J connectivity index is 1.64. The number of ether oxygens (including phenoxy) is 2. The number of hydrogen-bond donors (Lipinski definition) is 0. The summed E-state index contributed by atoms with van der Waals surface area (Å²) in [5.41, 5.74) is 2.10. The van der Waals surface area contributed by atoms with Crippen LogP contribution in [0.3, 0.4) is 0 Å². The van der Waals surface area contributed by atoms with E-state index in [9.17, 15) is 14.4 Å². The standard InChI is InChI=1S/C24H24N2O5/c1-16-9-10-19(15-17(16)2)23(28)18(3)31-24(29)21-11-12-22(27)26(25-21)13-14-30-20-7-5-4-6-8-20/h4-12,15,18H,13-14H2,1-3H3. The van der Waals surface area contributed by atoms with Crippen LogP contribution in [0.5, 0.6) is 5.75 Å². The predicted octanol–water partition coefficient (Wildman–Crippen LogP) is 3.37. The maximum Gasteiger partial charge on any atom is 0.359 e. The Morgan fingerprint density at radius 3 is 2.45 bits per heavy atom. The minimum Gasteiger partial charge on any atom is -0.492 e. The summed E-state index contributed by atoms with van der Waals surface area (Å²) in [5.74, 6) is -0.409. The molecule has 0 aliphatic heterocycles. The van der Waals surface area contributed by atoms with E-state index >= 15 is 0 Å². The molecule has 0 saturated carbocycles. The summed E-state index contributed by atoms with van der Waals surface area (Å²) >= 11 is 0. The third-order valence-electron chi connectivity index (χ3n) is 4.84. The van der Waals surface area contributed by atoms with Crippen LogP contribution >= 0.6 is 0 Å². The Bertz CT molecular complexity index is 1140. The van der Waals surface area contributed by atoms with Crippen molar-refractivity contribution in [2.75, 3.05) is 6.61 Å². The molecule has 1 unspecified atom stereocenters. The van der Waals surface area contributed by atoms with E-state index in [0.29, 0.717) is 11.3 Å². The first-order valence-electron chi connectivity index (χ1n) is 9.93. The number of para-hydroxylation sites is 1. The fraction of sp³-hybridized carbons (Fsp3) is 0.250. The monoisotopic (exact) mass is 420 g/mol. The van der Waals surface area contributed by atoms with E-state index in [1.165, 1.54) is 19.1 Å². The fourth-order valence-electron chi connectivity index (χ4n) is 2.89. The molecule has 0 radical (unpaired) electrons. The van der Waals surface area contributed by atoms with E-state index in [0.717, 1.165) is 15.8 Å². The van der Waals surface area contributed by atoms with Crippen LogP contribution in [0, 0.1) is 13.8 Å². The molecule has 0 aliphatic rings. The Labute approximate surface area is 180 Å². The van der Waals surface area contributed by atoms with Gasteiger partial charge in [-0.1, -0.05) is 30.3 Å². The van der Waals surface area contributed by atoms with Crippen LogP contribution in [0.15, 0.2) is 65.5 Å². The number of rotatable bonds is 8. The zero-order chi connectivity index (χ0) is 22.4. The summed E-state index contributed by atoms with van der Waals surface area (Å²) in [5, 5.41) is 4.05. The molecule has 7 heteroatoms. The van der Waals surface area contributed by atoms with Gasteiger partial charge in [0.05, 0.1) is 6.54 Å². The van der Waals surface area contributed by atoms with Gasteiger partial charge in [-0.2, -0.15) is 5.10 Å². The highest BCUT2D eigenvalue weighted by atomic mass is 16.5. The molecule has 1 heterocycles. The number of nitrogens with zero attached hydrogens (tertiary/aromatic N) is 2. The van der Waals surface area contributed by atoms with Gasteiger partial charge < -0.3 is 9.47 Å². The van der Waals surface area contributed by atoms with Gasteiger partial charge in [0.1, 0.15) is 12.4 Å². The lowest BCUT2D eigenvalue weighted by atomic mass is 10.0. The van der Waals surface area contributed by atoms with Gasteiger partial charge in [-0.25, -0.2) is 9.48 Å². The van der Waals surface area contributed by atoms with Gasteiger partial charge in [-0.05, 0) is 56.2 Å². The minimum absolute atomic E-state index is 0.0564. The summed E-state index contributed by atoms with van der Waals surface area (Å²) < 4.78 is 12.0. The normalized spacial score (nSPS) is 11.6. The molecule has 7 nitrogen and oxygen atoms in total. The van der Waals surface area contributed by atoms with Crippen LogP contribution in [0.25, 0.3) is 0 Å². The van der Waals surface area contributed by atoms with E-state index in [1.54, 1.807) is 24.3 Å². The minimum atomic E-state index is -0.988. The lowest BCUT2D eigenvalue weighted by Crippen LogP contribution is -2.29. The molecule has 3 aromatic rings. The smallest absolute Gasteiger partial charge is 0.359 e. The van der Waals surface area contributed by atoms with Gasteiger partial charge in [0.15, 0.2) is 11.8 Å². The molecule has 0 amide bonds. The van der Waals surface area contributed by atoms with Crippen LogP contribution in [0.2, 0.25) is 0 Å². The highest BCUT2D eigenvalue weighted by molar-refractivity contribution is 6.01. The molecule has 3 rings (SSSR count). The van der Waals surface area contributed by atoms with Gasteiger partial charge in [0.2, 0.25) is 5.78 Å². The molecule has 1 aromatic heterocycles. The highest BCUT2D eigenvalue weighted by Gasteiger charge is 2.22.